The molecule has 1 saturated heterocycles. The van der Waals surface area contributed by atoms with Crippen LogP contribution in [-0.2, 0) is 0 Å². The zero-order chi connectivity index (χ0) is 17.2. The molecule has 1 N–H and O–H groups in total. The fourth-order valence-electron chi connectivity index (χ4n) is 3.07. The highest BCUT2D eigenvalue weighted by Crippen LogP contribution is 2.34. The van der Waals surface area contributed by atoms with Gasteiger partial charge in [0, 0.05) is 30.5 Å². The van der Waals surface area contributed by atoms with Crippen molar-refractivity contribution in [3.8, 4) is 11.5 Å². The standard InChI is InChI=1S/C18H20N4O3/c1-12-9-14(21-18(19-12)22-7-3-2-4-8-22)17(23)20-13-5-6-15-16(10-13)25-11-24-15/h5-6,9-10H,2-4,7-8,11H2,1H3,(H,20,23). The number of piperidine rings is 1. The molecule has 2 aromatic rings. The first-order valence-corrected chi connectivity index (χ1v) is 8.51. The number of ether oxygens (including phenoxy) is 2. The van der Waals surface area contributed by atoms with Crippen LogP contribution in [0.25, 0.3) is 0 Å². The molecule has 2 aliphatic rings. The van der Waals surface area contributed by atoms with E-state index in [4.69, 9.17) is 9.47 Å². The van der Waals surface area contributed by atoms with Gasteiger partial charge in [-0.05, 0) is 44.4 Å². The van der Waals surface area contributed by atoms with E-state index in [9.17, 15) is 4.79 Å². The van der Waals surface area contributed by atoms with Crippen molar-refractivity contribution in [1.29, 1.82) is 0 Å². The summed E-state index contributed by atoms with van der Waals surface area (Å²) >= 11 is 0. The Kier molecular flexibility index (Phi) is 4.13. The topological polar surface area (TPSA) is 76.6 Å². The Bertz CT molecular complexity index is 803. The van der Waals surface area contributed by atoms with Gasteiger partial charge in [0.2, 0.25) is 12.7 Å². The molecular weight excluding hydrogens is 320 g/mol. The predicted octanol–water partition coefficient (Wildman–Crippen LogP) is 2.76. The van der Waals surface area contributed by atoms with Gasteiger partial charge in [-0.1, -0.05) is 0 Å². The Hall–Kier alpha value is -2.83. The quantitative estimate of drug-likeness (QED) is 0.926. The fourth-order valence-corrected chi connectivity index (χ4v) is 3.07. The molecule has 0 aliphatic carbocycles. The minimum atomic E-state index is -0.261. The molecule has 2 aliphatic heterocycles. The summed E-state index contributed by atoms with van der Waals surface area (Å²) in [6.45, 7) is 3.96. The zero-order valence-corrected chi connectivity index (χ0v) is 14.1. The average Bonchev–Trinajstić information content (AvgIpc) is 3.09. The van der Waals surface area contributed by atoms with E-state index < -0.39 is 0 Å². The van der Waals surface area contributed by atoms with Gasteiger partial charge < -0.3 is 19.7 Å². The third-order valence-corrected chi connectivity index (χ3v) is 4.34. The van der Waals surface area contributed by atoms with Crippen molar-refractivity contribution in [2.24, 2.45) is 0 Å². The molecule has 7 heteroatoms. The number of anilines is 2. The van der Waals surface area contributed by atoms with Crippen molar-refractivity contribution in [1.82, 2.24) is 9.97 Å². The van der Waals surface area contributed by atoms with Gasteiger partial charge in [0.15, 0.2) is 11.5 Å². The van der Waals surface area contributed by atoms with Crippen LogP contribution >= 0.6 is 0 Å². The molecule has 0 radical (unpaired) electrons. The summed E-state index contributed by atoms with van der Waals surface area (Å²) in [4.78, 5) is 23.7. The summed E-state index contributed by atoms with van der Waals surface area (Å²) in [6, 6.07) is 7.02. The number of aromatic nitrogens is 2. The molecule has 1 aromatic carbocycles. The van der Waals surface area contributed by atoms with Gasteiger partial charge in [0.1, 0.15) is 5.69 Å². The van der Waals surface area contributed by atoms with Crippen LogP contribution in [-0.4, -0.2) is 35.8 Å². The Morgan fingerprint density at radius 3 is 2.72 bits per heavy atom. The lowest BCUT2D eigenvalue weighted by Gasteiger charge is -2.27. The van der Waals surface area contributed by atoms with Gasteiger partial charge in [0.25, 0.3) is 5.91 Å². The van der Waals surface area contributed by atoms with Crippen LogP contribution in [0.1, 0.15) is 35.4 Å². The maximum absolute atomic E-state index is 12.6. The van der Waals surface area contributed by atoms with Crippen LogP contribution < -0.4 is 19.7 Å². The summed E-state index contributed by atoms with van der Waals surface area (Å²) in [6.07, 6.45) is 3.51. The lowest BCUT2D eigenvalue weighted by molar-refractivity contribution is 0.102. The molecular formula is C18H20N4O3. The number of fused-ring (bicyclic) bond motifs is 1. The first kappa shape index (κ1) is 15.7. The van der Waals surface area contributed by atoms with Crippen LogP contribution in [0.2, 0.25) is 0 Å². The predicted molar refractivity (Wildman–Crippen MR) is 93.4 cm³/mol. The molecule has 0 spiro atoms. The number of amides is 1. The Balaban J connectivity index is 1.54. The van der Waals surface area contributed by atoms with Gasteiger partial charge in [0.05, 0.1) is 0 Å². The number of carbonyl (C=O) groups excluding carboxylic acids is 1. The van der Waals surface area contributed by atoms with E-state index in [0.717, 1.165) is 31.6 Å². The lowest BCUT2D eigenvalue weighted by atomic mass is 10.1. The number of rotatable bonds is 3. The highest BCUT2D eigenvalue weighted by atomic mass is 16.7. The van der Waals surface area contributed by atoms with Gasteiger partial charge in [-0.25, -0.2) is 9.97 Å². The minimum Gasteiger partial charge on any atom is -0.454 e. The molecule has 0 bridgehead atoms. The summed E-state index contributed by atoms with van der Waals surface area (Å²) in [7, 11) is 0. The third kappa shape index (κ3) is 3.35. The lowest BCUT2D eigenvalue weighted by Crippen LogP contribution is -2.31. The fraction of sp³-hybridized carbons (Fsp3) is 0.389. The molecule has 4 rings (SSSR count). The van der Waals surface area contributed by atoms with Crippen molar-refractivity contribution in [3.05, 3.63) is 35.7 Å². The summed E-state index contributed by atoms with van der Waals surface area (Å²) in [5, 5.41) is 2.86. The SMILES string of the molecule is Cc1cc(C(=O)Nc2ccc3c(c2)OCO3)nc(N2CCCCC2)n1. The molecule has 0 unspecified atom stereocenters. The minimum absolute atomic E-state index is 0.205. The molecule has 25 heavy (non-hydrogen) atoms. The second kappa shape index (κ2) is 6.58. The Labute approximate surface area is 146 Å². The highest BCUT2D eigenvalue weighted by Gasteiger charge is 2.18. The number of hydrogen-bond acceptors (Lipinski definition) is 6. The van der Waals surface area contributed by atoms with Gasteiger partial charge in [-0.2, -0.15) is 0 Å². The van der Waals surface area contributed by atoms with E-state index >= 15 is 0 Å². The summed E-state index contributed by atoms with van der Waals surface area (Å²) < 4.78 is 10.6. The van der Waals surface area contributed by atoms with Crippen molar-refractivity contribution in [3.63, 3.8) is 0 Å². The number of carbonyl (C=O) groups is 1. The molecule has 0 saturated carbocycles. The largest absolute Gasteiger partial charge is 0.454 e. The zero-order valence-electron chi connectivity index (χ0n) is 14.1. The van der Waals surface area contributed by atoms with E-state index in [0.29, 0.717) is 28.8 Å². The molecule has 1 aromatic heterocycles. The molecule has 7 nitrogen and oxygen atoms in total. The smallest absolute Gasteiger partial charge is 0.274 e. The first-order chi connectivity index (χ1) is 12.2. The average molecular weight is 340 g/mol. The number of nitrogens with zero attached hydrogens (tertiary/aromatic N) is 3. The molecule has 3 heterocycles. The van der Waals surface area contributed by atoms with Crippen molar-refractivity contribution in [2.45, 2.75) is 26.2 Å². The van der Waals surface area contributed by atoms with Gasteiger partial charge in [-0.3, -0.25) is 4.79 Å². The van der Waals surface area contributed by atoms with Gasteiger partial charge in [-0.15, -0.1) is 0 Å². The van der Waals surface area contributed by atoms with Gasteiger partial charge >= 0.3 is 0 Å². The Morgan fingerprint density at radius 1 is 1.08 bits per heavy atom. The number of hydrogen-bond donors (Lipinski definition) is 1. The van der Waals surface area contributed by atoms with Crippen LogP contribution in [0.3, 0.4) is 0 Å². The summed E-state index contributed by atoms with van der Waals surface area (Å²) in [5.41, 5.74) is 1.79. The van der Waals surface area contributed by atoms with Crippen LogP contribution in [0.15, 0.2) is 24.3 Å². The number of nitrogens with one attached hydrogen (secondary N) is 1. The van der Waals surface area contributed by atoms with Crippen molar-refractivity contribution >= 4 is 17.5 Å². The molecule has 130 valence electrons. The normalized spacial score (nSPS) is 16.0. The van der Waals surface area contributed by atoms with E-state index in [-0.39, 0.29) is 12.7 Å². The second-order valence-corrected chi connectivity index (χ2v) is 6.26. The highest BCUT2D eigenvalue weighted by molar-refractivity contribution is 6.03. The maximum Gasteiger partial charge on any atom is 0.274 e. The van der Waals surface area contributed by atoms with E-state index in [1.807, 2.05) is 6.92 Å². The van der Waals surface area contributed by atoms with Crippen molar-refractivity contribution < 1.29 is 14.3 Å². The molecule has 1 amide bonds. The molecule has 0 atom stereocenters. The van der Waals surface area contributed by atoms with E-state index in [2.05, 4.69) is 20.2 Å². The van der Waals surface area contributed by atoms with E-state index in [1.54, 1.807) is 24.3 Å². The van der Waals surface area contributed by atoms with E-state index in [1.165, 1.54) is 6.42 Å². The number of benzene rings is 1. The van der Waals surface area contributed by atoms with Crippen LogP contribution in [0, 0.1) is 6.92 Å². The first-order valence-electron chi connectivity index (χ1n) is 8.51. The Morgan fingerprint density at radius 2 is 1.88 bits per heavy atom. The van der Waals surface area contributed by atoms with Crippen molar-refractivity contribution in [2.75, 3.05) is 30.1 Å². The van der Waals surface area contributed by atoms with Crippen LogP contribution in [0.4, 0.5) is 11.6 Å². The summed E-state index contributed by atoms with van der Waals surface area (Å²) in [5.74, 6) is 1.69. The number of aryl methyl sites for hydroxylation is 1. The monoisotopic (exact) mass is 340 g/mol. The third-order valence-electron chi connectivity index (χ3n) is 4.34. The maximum atomic E-state index is 12.6. The molecule has 1 fully saturated rings. The second-order valence-electron chi connectivity index (χ2n) is 6.26. The van der Waals surface area contributed by atoms with Crippen LogP contribution in [0.5, 0.6) is 11.5 Å².